The van der Waals surface area contributed by atoms with Crippen molar-refractivity contribution in [3.05, 3.63) is 33.1 Å². The lowest BCUT2D eigenvalue weighted by atomic mass is 9.96. The van der Waals surface area contributed by atoms with Gasteiger partial charge in [-0.2, -0.15) is 0 Å². The molecule has 8 nitrogen and oxygen atoms in total. The Morgan fingerprint density at radius 2 is 1.95 bits per heavy atom. The Labute approximate surface area is 112 Å². The van der Waals surface area contributed by atoms with Crippen molar-refractivity contribution in [3.63, 3.8) is 0 Å². The second-order valence-corrected chi connectivity index (χ2v) is 4.53. The molecule has 0 saturated carbocycles. The van der Waals surface area contributed by atoms with E-state index in [4.69, 9.17) is 4.74 Å². The van der Waals surface area contributed by atoms with Crippen molar-refractivity contribution in [2.45, 2.75) is 37.1 Å². The van der Waals surface area contributed by atoms with Crippen LogP contribution in [0.3, 0.4) is 0 Å². The van der Waals surface area contributed by atoms with Crippen molar-refractivity contribution < 1.29 is 24.4 Å². The Morgan fingerprint density at radius 3 is 2.55 bits per heavy atom. The number of ether oxygens (including phenoxy) is 1. The van der Waals surface area contributed by atoms with Crippen LogP contribution in [0.15, 0.2) is 21.9 Å². The molecule has 0 bridgehead atoms. The predicted molar refractivity (Wildman–Crippen MR) is 63.8 cm³/mol. The minimum atomic E-state index is -1.59. The summed E-state index contributed by atoms with van der Waals surface area (Å²) in [5.41, 5.74) is -1.47. The van der Waals surface area contributed by atoms with E-state index in [9.17, 15) is 29.3 Å². The largest absolute Gasteiger partial charge is 0.388 e. The van der Waals surface area contributed by atoms with Crippen LogP contribution in [0, 0.1) is 0 Å². The molecule has 0 radical (unpaired) electrons. The van der Waals surface area contributed by atoms with Crippen molar-refractivity contribution in [2.24, 2.45) is 0 Å². The number of alkyl halides is 1. The maximum absolute atomic E-state index is 12.4. The summed E-state index contributed by atoms with van der Waals surface area (Å²) in [5, 5.41) is 29.3. The summed E-state index contributed by atoms with van der Waals surface area (Å²) in [6.07, 6.45) is -6.15. The van der Waals surface area contributed by atoms with Gasteiger partial charge in [-0.1, -0.05) is 0 Å². The molecular formula is C11H15FN2O6. The molecule has 1 aliphatic heterocycles. The quantitative estimate of drug-likeness (QED) is 0.504. The van der Waals surface area contributed by atoms with Crippen LogP contribution in [0.1, 0.15) is 12.6 Å². The second-order valence-electron chi connectivity index (χ2n) is 4.53. The zero-order valence-electron chi connectivity index (χ0n) is 10.3. The molecule has 5 atom stereocenters. The first-order valence-corrected chi connectivity index (χ1v) is 6.03. The van der Waals surface area contributed by atoms with Crippen LogP contribution in [0.4, 0.5) is 4.39 Å². The molecule has 0 amide bonds. The van der Waals surface area contributed by atoms with Gasteiger partial charge in [-0.3, -0.25) is 18.7 Å². The van der Waals surface area contributed by atoms with Crippen LogP contribution >= 0.6 is 0 Å². The fourth-order valence-electron chi connectivity index (χ4n) is 2.13. The Balaban J connectivity index is 2.34. The monoisotopic (exact) mass is 290 g/mol. The first-order valence-electron chi connectivity index (χ1n) is 6.03. The fraction of sp³-hybridized carbons (Fsp3) is 0.636. The summed E-state index contributed by atoms with van der Waals surface area (Å²) < 4.78 is 18.5. The topological polar surface area (TPSA) is 125 Å². The highest BCUT2D eigenvalue weighted by Gasteiger charge is 2.44. The molecule has 0 unspecified atom stereocenters. The molecule has 20 heavy (non-hydrogen) atoms. The minimum absolute atomic E-state index is 0.195. The number of aliphatic hydroxyl groups is 3. The van der Waals surface area contributed by atoms with E-state index in [1.54, 1.807) is 0 Å². The van der Waals surface area contributed by atoms with Gasteiger partial charge in [0.05, 0.1) is 12.8 Å². The molecule has 0 spiro atoms. The van der Waals surface area contributed by atoms with Crippen LogP contribution in [0.2, 0.25) is 0 Å². The Morgan fingerprint density at radius 1 is 1.25 bits per heavy atom. The number of H-pyrrole nitrogens is 1. The van der Waals surface area contributed by atoms with Crippen LogP contribution in [0.25, 0.3) is 0 Å². The van der Waals surface area contributed by atoms with E-state index >= 15 is 0 Å². The minimum Gasteiger partial charge on any atom is -0.388 e. The van der Waals surface area contributed by atoms with Crippen molar-refractivity contribution in [1.29, 1.82) is 0 Å². The van der Waals surface area contributed by atoms with Gasteiger partial charge < -0.3 is 20.1 Å². The lowest BCUT2D eigenvalue weighted by Crippen LogP contribution is -2.57. The van der Waals surface area contributed by atoms with Gasteiger partial charge in [-0.15, -0.1) is 0 Å². The van der Waals surface area contributed by atoms with Crippen LogP contribution in [-0.2, 0) is 4.74 Å². The van der Waals surface area contributed by atoms with Crippen molar-refractivity contribution >= 4 is 0 Å². The van der Waals surface area contributed by atoms with Crippen LogP contribution in [0.5, 0.6) is 0 Å². The fourth-order valence-corrected chi connectivity index (χ4v) is 2.13. The second kappa shape index (κ2) is 5.83. The number of aromatic nitrogens is 2. The average molecular weight is 290 g/mol. The molecule has 0 aromatic carbocycles. The van der Waals surface area contributed by atoms with E-state index in [0.717, 1.165) is 16.8 Å². The molecule has 1 saturated heterocycles. The predicted octanol–water partition coefficient (Wildman–Crippen LogP) is -2.12. The van der Waals surface area contributed by atoms with Gasteiger partial charge >= 0.3 is 5.69 Å². The third-order valence-corrected chi connectivity index (χ3v) is 3.21. The molecule has 2 heterocycles. The van der Waals surface area contributed by atoms with Crippen LogP contribution < -0.4 is 11.2 Å². The van der Waals surface area contributed by atoms with Gasteiger partial charge in [0.1, 0.15) is 18.3 Å². The van der Waals surface area contributed by atoms with E-state index < -0.39 is 48.6 Å². The zero-order valence-corrected chi connectivity index (χ0v) is 10.3. The molecule has 1 aliphatic rings. The van der Waals surface area contributed by atoms with Gasteiger partial charge in [-0.05, 0) is 0 Å². The average Bonchev–Trinajstić information content (AvgIpc) is 2.40. The molecule has 112 valence electrons. The molecule has 9 heteroatoms. The highest BCUT2D eigenvalue weighted by molar-refractivity contribution is 4.93. The summed E-state index contributed by atoms with van der Waals surface area (Å²) in [6, 6.07) is 1.04. The van der Waals surface area contributed by atoms with Gasteiger partial charge in [-0.25, -0.2) is 4.79 Å². The normalized spacial score (nSPS) is 34.1. The third kappa shape index (κ3) is 2.66. The molecule has 1 aromatic rings. The standard InChI is InChI=1S/C11H15FN2O6/c12-3-1-5-7(16)8(17)9(18)10(20-5)14-4-2-6(15)13-11(14)19/h2,4-5,7-10,16-18H,1,3H2,(H,13,15,19)/t5-,7-,8-,9+,10+/m1/s1. The lowest BCUT2D eigenvalue weighted by molar-refractivity contribution is -0.247. The zero-order chi connectivity index (χ0) is 14.9. The molecule has 2 rings (SSSR count). The number of rotatable bonds is 3. The van der Waals surface area contributed by atoms with E-state index in [0.29, 0.717) is 0 Å². The Kier molecular flexibility index (Phi) is 4.33. The maximum atomic E-state index is 12.4. The van der Waals surface area contributed by atoms with E-state index in [1.165, 1.54) is 0 Å². The van der Waals surface area contributed by atoms with Crippen molar-refractivity contribution in [2.75, 3.05) is 6.67 Å². The smallest absolute Gasteiger partial charge is 0.330 e. The number of aromatic amines is 1. The summed E-state index contributed by atoms with van der Waals surface area (Å²) in [6.45, 7) is -0.794. The van der Waals surface area contributed by atoms with Crippen molar-refractivity contribution in [3.8, 4) is 0 Å². The molecule has 0 aliphatic carbocycles. The molecular weight excluding hydrogens is 275 g/mol. The first-order chi connectivity index (χ1) is 9.45. The molecule has 1 fully saturated rings. The molecule has 4 N–H and O–H groups in total. The Bertz CT molecular complexity index is 573. The van der Waals surface area contributed by atoms with E-state index in [2.05, 4.69) is 0 Å². The lowest BCUT2D eigenvalue weighted by Gasteiger charge is -2.40. The SMILES string of the molecule is O=c1ccn([C@H]2O[C@H](CCF)[C@@H](O)[C@@H](O)[C@@H]2O)c(=O)[nH]1. The third-order valence-electron chi connectivity index (χ3n) is 3.21. The van der Waals surface area contributed by atoms with E-state index in [1.807, 2.05) is 4.98 Å². The number of hydrogen-bond acceptors (Lipinski definition) is 6. The van der Waals surface area contributed by atoms with Gasteiger partial charge in [0.15, 0.2) is 6.23 Å². The summed E-state index contributed by atoms with van der Waals surface area (Å²) in [4.78, 5) is 24.6. The number of nitrogens with zero attached hydrogens (tertiary/aromatic N) is 1. The number of halogens is 1. The summed E-state index contributed by atoms with van der Waals surface area (Å²) in [7, 11) is 0. The highest BCUT2D eigenvalue weighted by Crippen LogP contribution is 2.28. The number of hydrogen-bond donors (Lipinski definition) is 4. The number of aliphatic hydroxyl groups excluding tert-OH is 3. The number of nitrogens with one attached hydrogen (secondary N) is 1. The summed E-state index contributed by atoms with van der Waals surface area (Å²) >= 11 is 0. The highest BCUT2D eigenvalue weighted by atomic mass is 19.1. The maximum Gasteiger partial charge on any atom is 0.330 e. The molecule has 1 aromatic heterocycles. The van der Waals surface area contributed by atoms with Crippen molar-refractivity contribution in [1.82, 2.24) is 9.55 Å². The van der Waals surface area contributed by atoms with Gasteiger partial charge in [0.25, 0.3) is 5.56 Å². The van der Waals surface area contributed by atoms with E-state index in [-0.39, 0.29) is 6.42 Å². The van der Waals surface area contributed by atoms with Gasteiger partial charge in [0.2, 0.25) is 0 Å². The first kappa shape index (κ1) is 14.9. The van der Waals surface area contributed by atoms with Crippen LogP contribution in [-0.4, -0.2) is 56.0 Å². The summed E-state index contributed by atoms with van der Waals surface area (Å²) in [5.74, 6) is 0. The Hall–Kier alpha value is -1.55. The van der Waals surface area contributed by atoms with Gasteiger partial charge in [0, 0.05) is 18.7 Å².